The topological polar surface area (TPSA) is 3.24 Å². The van der Waals surface area contributed by atoms with Gasteiger partial charge in [0.05, 0.1) is 11.4 Å². The van der Waals surface area contributed by atoms with Crippen molar-refractivity contribution in [2.45, 2.75) is 57.8 Å². The lowest BCUT2D eigenvalue weighted by atomic mass is 9.79. The predicted molar refractivity (Wildman–Crippen MR) is 254 cm³/mol. The van der Waals surface area contributed by atoms with Crippen molar-refractivity contribution in [3.63, 3.8) is 0 Å². The van der Waals surface area contributed by atoms with Crippen molar-refractivity contribution in [2.24, 2.45) is 0 Å². The molecule has 0 heterocycles. The molecule has 0 amide bonds. The molecule has 12 rings (SSSR count). The number of hydrogen-bond acceptors (Lipinski definition) is 1. The molecule has 0 spiro atoms. The molecule has 1 heteroatoms. The minimum Gasteiger partial charge on any atom is -0.309 e. The van der Waals surface area contributed by atoms with E-state index in [0.717, 1.165) is 5.69 Å². The number of rotatable bonds is 4. The van der Waals surface area contributed by atoms with Crippen LogP contribution in [0.3, 0.4) is 0 Å². The van der Waals surface area contributed by atoms with Crippen LogP contribution in [0.4, 0.5) is 17.1 Å². The second kappa shape index (κ2) is 12.2. The summed E-state index contributed by atoms with van der Waals surface area (Å²) in [6, 6.07) is 66.6. The van der Waals surface area contributed by atoms with Crippen LogP contribution in [0, 0.1) is 0 Å². The van der Waals surface area contributed by atoms with Gasteiger partial charge in [0.25, 0.3) is 0 Å². The Morgan fingerprint density at radius 2 is 0.733 bits per heavy atom. The quantitative estimate of drug-likeness (QED) is 0.172. The highest BCUT2D eigenvalue weighted by atomic mass is 15.1. The normalized spacial score (nSPS) is 15.6. The molecule has 60 heavy (non-hydrogen) atoms. The smallest absolute Gasteiger partial charge is 0.0549 e. The van der Waals surface area contributed by atoms with Gasteiger partial charge >= 0.3 is 0 Å². The number of benzene rings is 9. The van der Waals surface area contributed by atoms with Crippen LogP contribution in [0.1, 0.15) is 74.9 Å². The molecule has 1 nitrogen and oxygen atoms in total. The van der Waals surface area contributed by atoms with Gasteiger partial charge in [-0.25, -0.2) is 0 Å². The molecule has 0 N–H and O–H groups in total. The molecular weight excluding hydrogens is 723 g/mol. The summed E-state index contributed by atoms with van der Waals surface area (Å²) in [6.07, 6.45) is 0. The highest BCUT2D eigenvalue weighted by Gasteiger charge is 2.43. The summed E-state index contributed by atoms with van der Waals surface area (Å²) in [5.74, 6) is 0. The van der Waals surface area contributed by atoms with E-state index < -0.39 is 0 Å². The second-order valence-electron chi connectivity index (χ2n) is 18.9. The third-order valence-corrected chi connectivity index (χ3v) is 14.6. The van der Waals surface area contributed by atoms with Crippen LogP contribution in [-0.2, 0) is 16.2 Å². The maximum Gasteiger partial charge on any atom is 0.0549 e. The molecule has 3 aliphatic carbocycles. The predicted octanol–water partition coefficient (Wildman–Crippen LogP) is 16.0. The lowest BCUT2D eigenvalue weighted by Crippen LogP contribution is -2.18. The van der Waals surface area contributed by atoms with Crippen molar-refractivity contribution in [3.05, 3.63) is 209 Å². The van der Waals surface area contributed by atoms with Crippen LogP contribution in [0.15, 0.2) is 176 Å². The molecule has 288 valence electrons. The van der Waals surface area contributed by atoms with E-state index in [-0.39, 0.29) is 16.2 Å². The van der Waals surface area contributed by atoms with E-state index in [9.17, 15) is 0 Å². The number of fused-ring (bicyclic) bond motifs is 13. The minimum atomic E-state index is -0.186. The van der Waals surface area contributed by atoms with Gasteiger partial charge in [-0.05, 0) is 113 Å². The third-order valence-electron chi connectivity index (χ3n) is 14.6. The molecule has 0 unspecified atom stereocenters. The molecule has 0 radical (unpaired) electrons. The zero-order valence-corrected chi connectivity index (χ0v) is 35.2. The molecule has 9 aromatic carbocycles. The zero-order chi connectivity index (χ0) is 40.7. The summed E-state index contributed by atoms with van der Waals surface area (Å²) < 4.78 is 0. The number of hydrogen-bond donors (Lipinski definition) is 0. The van der Waals surface area contributed by atoms with Crippen molar-refractivity contribution in [1.29, 1.82) is 0 Å². The summed E-state index contributed by atoms with van der Waals surface area (Å²) >= 11 is 0. The Morgan fingerprint density at radius 3 is 1.25 bits per heavy atom. The number of nitrogens with zero attached hydrogens (tertiary/aromatic N) is 1. The van der Waals surface area contributed by atoms with Crippen LogP contribution in [-0.4, -0.2) is 0 Å². The fourth-order valence-corrected chi connectivity index (χ4v) is 11.8. The molecule has 0 saturated carbocycles. The first-order valence-corrected chi connectivity index (χ1v) is 21.5. The van der Waals surface area contributed by atoms with Crippen LogP contribution < -0.4 is 4.90 Å². The van der Waals surface area contributed by atoms with Gasteiger partial charge in [-0.2, -0.15) is 0 Å². The van der Waals surface area contributed by atoms with Crippen molar-refractivity contribution in [3.8, 4) is 44.5 Å². The Morgan fingerprint density at radius 1 is 0.333 bits per heavy atom. The van der Waals surface area contributed by atoms with E-state index in [1.54, 1.807) is 0 Å². The summed E-state index contributed by atoms with van der Waals surface area (Å²) in [4.78, 5) is 2.62. The highest BCUT2D eigenvalue weighted by molar-refractivity contribution is 6.10. The van der Waals surface area contributed by atoms with E-state index >= 15 is 0 Å². The van der Waals surface area contributed by atoms with Crippen LogP contribution >= 0.6 is 0 Å². The Labute approximate surface area is 353 Å². The maximum atomic E-state index is 2.62. The Kier molecular flexibility index (Phi) is 7.16. The monoisotopic (exact) mass is 769 g/mol. The van der Waals surface area contributed by atoms with E-state index in [1.807, 2.05) is 0 Å². The third kappa shape index (κ3) is 4.58. The van der Waals surface area contributed by atoms with E-state index in [1.165, 1.54) is 111 Å². The van der Waals surface area contributed by atoms with Gasteiger partial charge < -0.3 is 4.90 Å². The van der Waals surface area contributed by atoms with Gasteiger partial charge in [0.15, 0.2) is 0 Å². The molecular formula is C59H47N. The molecule has 0 aromatic heterocycles. The zero-order valence-electron chi connectivity index (χ0n) is 35.2. The standard InChI is InChI=1S/C59H47N/c1-57(2)46-26-14-11-22-43(46)52-40(25-17-29-49(52)57)36-30-32-39(33-31-36)60(50-34-37-18-7-9-20-41(37)55-53(50)44-23-12-15-27-47(44)58(55,3)4)51-35-38-19-8-10-21-42(38)56-54(51)45-24-13-16-28-48(45)59(56,5)6/h7-35H,1-6H3. The maximum absolute atomic E-state index is 2.62. The van der Waals surface area contributed by atoms with Crippen LogP contribution in [0.2, 0.25) is 0 Å². The van der Waals surface area contributed by atoms with Crippen molar-refractivity contribution < 1.29 is 0 Å². The molecule has 0 atom stereocenters. The van der Waals surface area contributed by atoms with Gasteiger partial charge in [0.1, 0.15) is 0 Å². The highest BCUT2D eigenvalue weighted by Crippen LogP contribution is 2.61. The van der Waals surface area contributed by atoms with Gasteiger partial charge in [-0.1, -0.05) is 193 Å². The average molecular weight is 770 g/mol. The fourth-order valence-electron chi connectivity index (χ4n) is 11.8. The van der Waals surface area contributed by atoms with Crippen LogP contribution in [0.5, 0.6) is 0 Å². The molecule has 9 aromatic rings. The van der Waals surface area contributed by atoms with Gasteiger partial charge in [0, 0.05) is 33.1 Å². The minimum absolute atomic E-state index is 0.0558. The molecule has 0 fully saturated rings. The Hall–Kier alpha value is -6.70. The van der Waals surface area contributed by atoms with Gasteiger partial charge in [-0.3, -0.25) is 0 Å². The van der Waals surface area contributed by atoms with E-state index in [0.29, 0.717) is 0 Å². The first-order chi connectivity index (χ1) is 29.1. The van der Waals surface area contributed by atoms with Crippen LogP contribution in [0.25, 0.3) is 66.1 Å². The molecule has 0 bridgehead atoms. The van der Waals surface area contributed by atoms with Crippen molar-refractivity contribution >= 4 is 38.6 Å². The summed E-state index contributed by atoms with van der Waals surface area (Å²) in [5, 5.41) is 5.16. The molecule has 0 saturated heterocycles. The van der Waals surface area contributed by atoms with Crippen molar-refractivity contribution in [2.75, 3.05) is 4.90 Å². The van der Waals surface area contributed by atoms with Gasteiger partial charge in [0.2, 0.25) is 0 Å². The Bertz CT molecular complexity index is 3140. The summed E-state index contributed by atoms with van der Waals surface area (Å²) in [7, 11) is 0. The van der Waals surface area contributed by atoms with E-state index in [2.05, 4.69) is 222 Å². The summed E-state index contributed by atoms with van der Waals surface area (Å²) in [6.45, 7) is 14.4. The Balaban J connectivity index is 1.17. The molecule has 3 aliphatic rings. The lowest BCUT2D eigenvalue weighted by Gasteiger charge is -2.33. The SMILES string of the molecule is CC1(C)c2ccccc2-c2c(-c3ccc(N(c4cc5ccccc5c5c4-c4ccccc4C5(C)C)c4cc5ccccc5c5c4-c4ccccc4C5(C)C)cc3)cccc21. The first-order valence-electron chi connectivity index (χ1n) is 21.5. The lowest BCUT2D eigenvalue weighted by molar-refractivity contribution is 0.660. The van der Waals surface area contributed by atoms with E-state index in [4.69, 9.17) is 0 Å². The average Bonchev–Trinajstić information content (AvgIpc) is 3.77. The fraction of sp³-hybridized carbons (Fsp3) is 0.153. The first kappa shape index (κ1) is 35.3. The number of anilines is 3. The molecule has 0 aliphatic heterocycles. The summed E-state index contributed by atoms with van der Waals surface area (Å²) in [5.41, 5.74) is 22.0. The largest absolute Gasteiger partial charge is 0.309 e. The second-order valence-corrected chi connectivity index (χ2v) is 18.9. The van der Waals surface area contributed by atoms with Crippen molar-refractivity contribution in [1.82, 2.24) is 0 Å². The van der Waals surface area contributed by atoms with Gasteiger partial charge in [-0.15, -0.1) is 0 Å².